The second-order valence-electron chi connectivity index (χ2n) is 5.53. The maximum absolute atomic E-state index is 13.0. The first-order valence-corrected chi connectivity index (χ1v) is 7.08. The molecule has 1 unspecified atom stereocenters. The molecule has 1 aromatic carbocycles. The molecular formula is C16H20N2O. The van der Waals surface area contributed by atoms with Crippen molar-refractivity contribution in [3.63, 3.8) is 0 Å². The molecule has 0 aliphatic carbocycles. The van der Waals surface area contributed by atoms with Crippen molar-refractivity contribution in [2.24, 2.45) is 5.41 Å². The average Bonchev–Trinajstić information content (AvgIpc) is 3.05. The quantitative estimate of drug-likeness (QED) is 0.825. The summed E-state index contributed by atoms with van der Waals surface area (Å²) in [7, 11) is 0. The molecule has 3 rings (SSSR count). The Balaban J connectivity index is 2.03. The first-order valence-electron chi connectivity index (χ1n) is 7.08. The van der Waals surface area contributed by atoms with Gasteiger partial charge in [0.25, 0.3) is 0 Å². The Morgan fingerprint density at radius 3 is 2.95 bits per heavy atom. The second-order valence-corrected chi connectivity index (χ2v) is 5.53. The molecule has 3 nitrogen and oxygen atoms in total. The van der Waals surface area contributed by atoms with Gasteiger partial charge in [-0.25, -0.2) is 0 Å². The van der Waals surface area contributed by atoms with E-state index in [2.05, 4.69) is 17.2 Å². The molecule has 1 saturated heterocycles. The molecule has 19 heavy (non-hydrogen) atoms. The van der Waals surface area contributed by atoms with Gasteiger partial charge in [0, 0.05) is 34.6 Å². The molecule has 1 aliphatic heterocycles. The van der Waals surface area contributed by atoms with Crippen LogP contribution in [0.2, 0.25) is 0 Å². The van der Waals surface area contributed by atoms with Crippen LogP contribution >= 0.6 is 0 Å². The first kappa shape index (κ1) is 12.4. The van der Waals surface area contributed by atoms with E-state index in [1.165, 1.54) is 0 Å². The topological polar surface area (TPSA) is 44.9 Å². The Kier molecular flexibility index (Phi) is 3.15. The van der Waals surface area contributed by atoms with E-state index in [-0.39, 0.29) is 5.41 Å². The van der Waals surface area contributed by atoms with Crippen LogP contribution in [0.1, 0.15) is 36.5 Å². The molecule has 2 aromatic rings. The van der Waals surface area contributed by atoms with Gasteiger partial charge in [-0.2, -0.15) is 0 Å². The van der Waals surface area contributed by atoms with Gasteiger partial charge in [0.2, 0.25) is 0 Å². The Bertz CT molecular complexity index is 594. The number of aromatic nitrogens is 1. The molecule has 0 amide bonds. The Hall–Kier alpha value is -1.61. The van der Waals surface area contributed by atoms with Crippen LogP contribution in [0.4, 0.5) is 0 Å². The maximum Gasteiger partial charge on any atom is 0.172 e. The molecule has 2 heterocycles. The van der Waals surface area contributed by atoms with Crippen LogP contribution in [0.25, 0.3) is 10.9 Å². The number of aromatic amines is 1. The number of para-hydroxylation sites is 1. The van der Waals surface area contributed by atoms with Crippen LogP contribution in [0.5, 0.6) is 0 Å². The number of Topliss-reactive ketones (excluding diaryl/α,β-unsaturated/α-hetero) is 1. The Morgan fingerprint density at radius 1 is 1.37 bits per heavy atom. The fraction of sp³-hybridized carbons (Fsp3) is 0.438. The van der Waals surface area contributed by atoms with Gasteiger partial charge < -0.3 is 10.3 Å². The lowest BCUT2D eigenvalue weighted by Crippen LogP contribution is -2.33. The summed E-state index contributed by atoms with van der Waals surface area (Å²) in [6, 6.07) is 8.03. The lowest BCUT2D eigenvalue weighted by molar-refractivity contribution is 0.0803. The summed E-state index contributed by atoms with van der Waals surface area (Å²) in [5.41, 5.74) is 1.70. The predicted molar refractivity (Wildman–Crippen MR) is 77.5 cm³/mol. The largest absolute Gasteiger partial charge is 0.360 e. The molecular weight excluding hydrogens is 236 g/mol. The molecule has 2 N–H and O–H groups in total. The van der Waals surface area contributed by atoms with E-state index in [0.717, 1.165) is 48.8 Å². The third-order valence-corrected chi connectivity index (χ3v) is 4.29. The highest BCUT2D eigenvalue weighted by atomic mass is 16.1. The van der Waals surface area contributed by atoms with Gasteiger partial charge in [0.15, 0.2) is 5.78 Å². The molecule has 1 fully saturated rings. The van der Waals surface area contributed by atoms with Crippen LogP contribution < -0.4 is 5.32 Å². The lowest BCUT2D eigenvalue weighted by Gasteiger charge is -2.25. The van der Waals surface area contributed by atoms with E-state index in [1.54, 1.807) is 0 Å². The van der Waals surface area contributed by atoms with Crippen LogP contribution in [0.3, 0.4) is 0 Å². The van der Waals surface area contributed by atoms with Crippen LogP contribution in [-0.4, -0.2) is 23.9 Å². The van der Waals surface area contributed by atoms with Crippen molar-refractivity contribution in [3.8, 4) is 0 Å². The van der Waals surface area contributed by atoms with E-state index < -0.39 is 0 Å². The van der Waals surface area contributed by atoms with Gasteiger partial charge in [-0.05, 0) is 25.5 Å². The molecule has 1 atom stereocenters. The second kappa shape index (κ2) is 4.82. The monoisotopic (exact) mass is 256 g/mol. The summed E-state index contributed by atoms with van der Waals surface area (Å²) < 4.78 is 0. The molecule has 1 aromatic heterocycles. The van der Waals surface area contributed by atoms with Crippen molar-refractivity contribution in [1.29, 1.82) is 0 Å². The van der Waals surface area contributed by atoms with Gasteiger partial charge >= 0.3 is 0 Å². The minimum atomic E-state index is -0.195. The zero-order chi connectivity index (χ0) is 13.3. The first-order chi connectivity index (χ1) is 9.27. The zero-order valence-electron chi connectivity index (χ0n) is 11.3. The summed E-state index contributed by atoms with van der Waals surface area (Å²) in [5, 5.41) is 4.41. The van der Waals surface area contributed by atoms with Gasteiger partial charge in [0.1, 0.15) is 0 Å². The van der Waals surface area contributed by atoms with E-state index in [0.29, 0.717) is 5.78 Å². The number of ketones is 1. The molecule has 3 heteroatoms. The summed E-state index contributed by atoms with van der Waals surface area (Å²) in [6.07, 6.45) is 4.86. The molecule has 0 radical (unpaired) electrons. The molecule has 0 saturated carbocycles. The Morgan fingerprint density at radius 2 is 2.21 bits per heavy atom. The SMILES string of the molecule is CCCC1(C(=O)c2c[nH]c3ccccc23)CCNC1. The number of H-pyrrole nitrogens is 1. The van der Waals surface area contributed by atoms with Gasteiger partial charge in [-0.1, -0.05) is 31.5 Å². The number of hydrogen-bond acceptors (Lipinski definition) is 2. The summed E-state index contributed by atoms with van der Waals surface area (Å²) in [6.45, 7) is 3.93. The van der Waals surface area contributed by atoms with Crippen LogP contribution in [-0.2, 0) is 0 Å². The fourth-order valence-electron chi connectivity index (χ4n) is 3.29. The standard InChI is InChI=1S/C16H20N2O/c1-2-7-16(8-9-17-11-16)15(19)13-10-18-14-6-4-3-5-12(13)14/h3-6,10,17-18H,2,7-9,11H2,1H3. The smallest absolute Gasteiger partial charge is 0.172 e. The van der Waals surface area contributed by atoms with Gasteiger partial charge in [-0.3, -0.25) is 4.79 Å². The zero-order valence-corrected chi connectivity index (χ0v) is 11.3. The summed E-state index contributed by atoms with van der Waals surface area (Å²) in [5.74, 6) is 0.303. The highest BCUT2D eigenvalue weighted by Gasteiger charge is 2.41. The Labute approximate surface area is 113 Å². The fourth-order valence-corrected chi connectivity index (χ4v) is 3.29. The lowest BCUT2D eigenvalue weighted by atomic mass is 9.76. The highest BCUT2D eigenvalue weighted by molar-refractivity contribution is 6.10. The summed E-state index contributed by atoms with van der Waals surface area (Å²) >= 11 is 0. The normalized spacial score (nSPS) is 23.0. The minimum Gasteiger partial charge on any atom is -0.360 e. The van der Waals surface area contributed by atoms with Crippen molar-refractivity contribution in [1.82, 2.24) is 10.3 Å². The van der Waals surface area contributed by atoms with Crippen molar-refractivity contribution >= 4 is 16.7 Å². The number of carbonyl (C=O) groups is 1. The molecule has 0 spiro atoms. The number of benzene rings is 1. The van der Waals surface area contributed by atoms with E-state index >= 15 is 0 Å². The van der Waals surface area contributed by atoms with E-state index in [4.69, 9.17) is 0 Å². The average molecular weight is 256 g/mol. The number of nitrogens with one attached hydrogen (secondary N) is 2. The van der Waals surface area contributed by atoms with Crippen LogP contribution in [0, 0.1) is 5.41 Å². The number of hydrogen-bond donors (Lipinski definition) is 2. The number of rotatable bonds is 4. The van der Waals surface area contributed by atoms with E-state index in [9.17, 15) is 4.79 Å². The molecule has 0 bridgehead atoms. The summed E-state index contributed by atoms with van der Waals surface area (Å²) in [4.78, 5) is 16.2. The van der Waals surface area contributed by atoms with Crippen LogP contribution in [0.15, 0.2) is 30.5 Å². The predicted octanol–water partition coefficient (Wildman–Crippen LogP) is 3.13. The number of carbonyl (C=O) groups excluding carboxylic acids is 1. The van der Waals surface area contributed by atoms with E-state index in [1.807, 2.05) is 30.5 Å². The van der Waals surface area contributed by atoms with Crippen molar-refractivity contribution in [2.75, 3.05) is 13.1 Å². The molecule has 100 valence electrons. The van der Waals surface area contributed by atoms with Gasteiger partial charge in [0.05, 0.1) is 0 Å². The third kappa shape index (κ3) is 1.98. The van der Waals surface area contributed by atoms with Crippen molar-refractivity contribution in [3.05, 3.63) is 36.0 Å². The highest BCUT2D eigenvalue weighted by Crippen LogP contribution is 2.36. The van der Waals surface area contributed by atoms with Crippen molar-refractivity contribution < 1.29 is 4.79 Å². The number of fused-ring (bicyclic) bond motifs is 1. The third-order valence-electron chi connectivity index (χ3n) is 4.29. The van der Waals surface area contributed by atoms with Crippen molar-refractivity contribution in [2.45, 2.75) is 26.2 Å². The molecule has 1 aliphatic rings. The minimum absolute atomic E-state index is 0.195. The van der Waals surface area contributed by atoms with Gasteiger partial charge in [-0.15, -0.1) is 0 Å². The maximum atomic E-state index is 13.0.